The molecule has 0 aliphatic heterocycles. The maximum atomic E-state index is 5.87. The van der Waals surface area contributed by atoms with Gasteiger partial charge in [0.2, 0.25) is 0 Å². The molecule has 0 amide bonds. The summed E-state index contributed by atoms with van der Waals surface area (Å²) in [5.74, 6) is 5.59. The van der Waals surface area contributed by atoms with Crippen molar-refractivity contribution < 1.29 is 9.47 Å². The largest absolute Gasteiger partial charge is 0.497 e. The van der Waals surface area contributed by atoms with E-state index < -0.39 is 0 Å². The van der Waals surface area contributed by atoms with E-state index in [4.69, 9.17) is 9.47 Å². The predicted octanol–water partition coefficient (Wildman–Crippen LogP) is 4.51. The molecule has 0 N–H and O–H groups in total. The van der Waals surface area contributed by atoms with Crippen LogP contribution in [0.2, 0.25) is 0 Å². The highest BCUT2D eigenvalue weighted by atomic mass is 16.5. The molecule has 0 spiro atoms. The Balaban J connectivity index is 1.73. The minimum atomic E-state index is 0.776. The van der Waals surface area contributed by atoms with Gasteiger partial charge in [-0.15, -0.1) is 0 Å². The van der Waals surface area contributed by atoms with Crippen molar-refractivity contribution in [1.29, 1.82) is 0 Å². The van der Waals surface area contributed by atoms with E-state index in [0.29, 0.717) is 0 Å². The Morgan fingerprint density at radius 3 is 1.90 bits per heavy atom. The van der Waals surface area contributed by atoms with Crippen molar-refractivity contribution in [3.63, 3.8) is 0 Å². The lowest BCUT2D eigenvalue weighted by atomic mass is 9.54. The molecule has 0 unspecified atom stereocenters. The highest BCUT2D eigenvalue weighted by Gasteiger charge is 2.46. The minimum absolute atomic E-state index is 0.776. The minimum Gasteiger partial charge on any atom is -0.497 e. The topological polar surface area (TPSA) is 18.5 Å². The Bertz CT molecular complexity index is 525. The van der Waals surface area contributed by atoms with Crippen LogP contribution in [0.1, 0.15) is 37.7 Å². The van der Waals surface area contributed by atoms with E-state index in [0.717, 1.165) is 35.2 Å². The SMILES string of the molecule is COC(=C1C2CC3CC(C2)CC1C3)c1ccc(OC)cc1. The van der Waals surface area contributed by atoms with Gasteiger partial charge < -0.3 is 9.47 Å². The number of methoxy groups -OCH3 is 2. The number of ether oxygens (including phenoxy) is 2. The van der Waals surface area contributed by atoms with Gasteiger partial charge in [0.1, 0.15) is 11.5 Å². The van der Waals surface area contributed by atoms with Gasteiger partial charge in [0.05, 0.1) is 14.2 Å². The van der Waals surface area contributed by atoms with Crippen molar-refractivity contribution in [2.45, 2.75) is 32.1 Å². The fourth-order valence-electron chi connectivity index (χ4n) is 5.21. The van der Waals surface area contributed by atoms with E-state index in [1.807, 2.05) is 19.2 Å². The number of hydrogen-bond donors (Lipinski definition) is 0. The highest BCUT2D eigenvalue weighted by Crippen LogP contribution is 2.57. The lowest BCUT2D eigenvalue weighted by Crippen LogP contribution is -2.40. The maximum Gasteiger partial charge on any atom is 0.125 e. The van der Waals surface area contributed by atoms with Gasteiger partial charge in [-0.2, -0.15) is 0 Å². The average Bonchev–Trinajstić information content (AvgIpc) is 2.50. The zero-order chi connectivity index (χ0) is 14.4. The molecule has 2 heteroatoms. The van der Waals surface area contributed by atoms with Crippen molar-refractivity contribution >= 4 is 5.76 Å². The molecule has 4 fully saturated rings. The van der Waals surface area contributed by atoms with E-state index >= 15 is 0 Å². The first-order valence-corrected chi connectivity index (χ1v) is 8.21. The van der Waals surface area contributed by atoms with Gasteiger partial charge in [0.25, 0.3) is 0 Å². The van der Waals surface area contributed by atoms with Gasteiger partial charge in [-0.3, -0.25) is 0 Å². The van der Waals surface area contributed by atoms with Crippen LogP contribution in [-0.4, -0.2) is 14.2 Å². The second kappa shape index (κ2) is 5.08. The lowest BCUT2D eigenvalue weighted by Gasteiger charge is -2.51. The molecule has 0 heterocycles. The molecule has 2 nitrogen and oxygen atoms in total. The van der Waals surface area contributed by atoms with Crippen LogP contribution in [0.4, 0.5) is 0 Å². The van der Waals surface area contributed by atoms with Gasteiger partial charge in [-0.05, 0) is 85.6 Å². The lowest BCUT2D eigenvalue weighted by molar-refractivity contribution is 0.0675. The van der Waals surface area contributed by atoms with E-state index in [1.165, 1.54) is 37.7 Å². The van der Waals surface area contributed by atoms with Crippen molar-refractivity contribution in [2.75, 3.05) is 14.2 Å². The second-order valence-corrected chi connectivity index (χ2v) is 7.02. The van der Waals surface area contributed by atoms with E-state index in [1.54, 1.807) is 12.7 Å². The predicted molar refractivity (Wildman–Crippen MR) is 84.0 cm³/mol. The molecular formula is C19H24O2. The van der Waals surface area contributed by atoms with Gasteiger partial charge in [0.15, 0.2) is 0 Å². The average molecular weight is 284 g/mol. The summed E-state index contributed by atoms with van der Waals surface area (Å²) < 4.78 is 11.1. The molecule has 4 saturated carbocycles. The summed E-state index contributed by atoms with van der Waals surface area (Å²) in [4.78, 5) is 0. The quantitative estimate of drug-likeness (QED) is 0.760. The van der Waals surface area contributed by atoms with Crippen LogP contribution in [-0.2, 0) is 4.74 Å². The Kier molecular flexibility index (Phi) is 3.20. The summed E-state index contributed by atoms with van der Waals surface area (Å²) in [5.41, 5.74) is 2.83. The highest BCUT2D eigenvalue weighted by molar-refractivity contribution is 5.65. The molecule has 4 aliphatic rings. The molecule has 5 rings (SSSR count). The third-order valence-corrected chi connectivity index (χ3v) is 5.84. The van der Waals surface area contributed by atoms with Gasteiger partial charge in [-0.25, -0.2) is 0 Å². The van der Waals surface area contributed by atoms with E-state index in [-0.39, 0.29) is 0 Å². The summed E-state index contributed by atoms with van der Waals surface area (Å²) >= 11 is 0. The second-order valence-electron chi connectivity index (χ2n) is 7.02. The van der Waals surface area contributed by atoms with Crippen LogP contribution in [0, 0.1) is 23.7 Å². The van der Waals surface area contributed by atoms with E-state index in [2.05, 4.69) is 12.1 Å². The maximum absolute atomic E-state index is 5.87. The Hall–Kier alpha value is -1.44. The first-order chi connectivity index (χ1) is 10.3. The van der Waals surface area contributed by atoms with E-state index in [9.17, 15) is 0 Å². The van der Waals surface area contributed by atoms with Crippen molar-refractivity contribution in [1.82, 2.24) is 0 Å². The summed E-state index contributed by atoms with van der Waals surface area (Å²) in [5, 5.41) is 0. The molecule has 112 valence electrons. The van der Waals surface area contributed by atoms with Crippen LogP contribution in [0.5, 0.6) is 5.75 Å². The molecule has 4 aliphatic carbocycles. The molecule has 21 heavy (non-hydrogen) atoms. The first-order valence-electron chi connectivity index (χ1n) is 8.21. The zero-order valence-corrected chi connectivity index (χ0v) is 13.0. The number of rotatable bonds is 3. The van der Waals surface area contributed by atoms with Crippen LogP contribution in [0.15, 0.2) is 29.8 Å². The van der Waals surface area contributed by atoms with Crippen LogP contribution in [0.3, 0.4) is 0 Å². The molecular weight excluding hydrogens is 260 g/mol. The van der Waals surface area contributed by atoms with Crippen molar-refractivity contribution in [3.05, 3.63) is 35.4 Å². The van der Waals surface area contributed by atoms with Gasteiger partial charge in [-0.1, -0.05) is 0 Å². The van der Waals surface area contributed by atoms with Crippen LogP contribution < -0.4 is 4.74 Å². The summed E-state index contributed by atoms with van der Waals surface area (Å²) in [7, 11) is 3.54. The number of hydrogen-bond acceptors (Lipinski definition) is 2. The molecule has 0 saturated heterocycles. The third-order valence-electron chi connectivity index (χ3n) is 5.84. The molecule has 1 aromatic rings. The Labute approximate surface area is 127 Å². The Morgan fingerprint density at radius 2 is 1.43 bits per heavy atom. The normalized spacial score (nSPS) is 33.1. The first kappa shape index (κ1) is 13.2. The molecule has 1 aromatic carbocycles. The van der Waals surface area contributed by atoms with Gasteiger partial charge in [0, 0.05) is 5.56 Å². The summed E-state index contributed by atoms with van der Waals surface area (Å²) in [6.07, 6.45) is 7.07. The molecule has 0 aromatic heterocycles. The fourth-order valence-corrected chi connectivity index (χ4v) is 5.21. The third kappa shape index (κ3) is 2.16. The zero-order valence-electron chi connectivity index (χ0n) is 13.0. The summed E-state index contributed by atoms with van der Waals surface area (Å²) in [6.45, 7) is 0. The molecule has 0 radical (unpaired) electrons. The van der Waals surface area contributed by atoms with Crippen molar-refractivity contribution in [3.8, 4) is 5.75 Å². The van der Waals surface area contributed by atoms with Crippen LogP contribution in [0.25, 0.3) is 5.76 Å². The number of benzene rings is 1. The molecule has 0 atom stereocenters. The van der Waals surface area contributed by atoms with Crippen LogP contribution >= 0.6 is 0 Å². The number of allylic oxidation sites excluding steroid dienone is 1. The Morgan fingerprint density at radius 1 is 0.857 bits per heavy atom. The van der Waals surface area contributed by atoms with Crippen molar-refractivity contribution in [2.24, 2.45) is 23.7 Å². The monoisotopic (exact) mass is 284 g/mol. The fraction of sp³-hybridized carbons (Fsp3) is 0.579. The summed E-state index contributed by atoms with van der Waals surface area (Å²) in [6, 6.07) is 8.33. The molecule has 4 bridgehead atoms. The van der Waals surface area contributed by atoms with Gasteiger partial charge >= 0.3 is 0 Å². The standard InChI is InChI=1S/C19H24O2/c1-20-17-5-3-14(4-6-17)19(21-2)18-15-8-12-7-13(10-15)11-16(18)9-12/h3-6,12-13,15-16H,7-11H2,1-2H3. The smallest absolute Gasteiger partial charge is 0.125 e.